The molecule has 0 bridgehead atoms. The summed E-state index contributed by atoms with van der Waals surface area (Å²) in [5, 5.41) is 28.8. The van der Waals surface area contributed by atoms with E-state index in [1.165, 1.54) is 17.8 Å². The van der Waals surface area contributed by atoms with Crippen LogP contribution in [-0.4, -0.2) is 21.0 Å². The molecule has 0 spiro atoms. The van der Waals surface area contributed by atoms with Crippen molar-refractivity contribution in [2.24, 2.45) is 0 Å². The number of aromatic carboxylic acids is 1. The summed E-state index contributed by atoms with van der Waals surface area (Å²) in [7, 11) is 0. The van der Waals surface area contributed by atoms with Crippen LogP contribution in [0.4, 0.5) is 17.1 Å². The smallest absolute Gasteiger partial charge is 0.337 e. The van der Waals surface area contributed by atoms with E-state index >= 15 is 0 Å². The van der Waals surface area contributed by atoms with Gasteiger partial charge in [0, 0.05) is 37.7 Å². The molecule has 190 valence electrons. The first-order chi connectivity index (χ1) is 17.9. The van der Waals surface area contributed by atoms with Gasteiger partial charge in [0.05, 0.1) is 35.3 Å². The van der Waals surface area contributed by atoms with Gasteiger partial charge in [-0.3, -0.25) is 10.1 Å². The maximum Gasteiger partial charge on any atom is 0.337 e. The lowest BCUT2D eigenvalue weighted by Crippen LogP contribution is -1.94. The summed E-state index contributed by atoms with van der Waals surface area (Å²) in [6.45, 7) is 18.9. The number of hydrogen-bond acceptors (Lipinski definition) is 4. The Morgan fingerprint density at radius 3 is 2.18 bits per heavy atom. The van der Waals surface area contributed by atoms with Crippen molar-refractivity contribution in [3.63, 3.8) is 0 Å². The lowest BCUT2D eigenvalue weighted by Gasteiger charge is -1.99. The maximum absolute atomic E-state index is 10.9. The van der Waals surface area contributed by atoms with Gasteiger partial charge in [0.1, 0.15) is 0 Å². The molecule has 2 N–H and O–H groups in total. The zero-order valence-electron chi connectivity index (χ0n) is 20.3. The molecule has 1 aromatic heterocycles. The van der Waals surface area contributed by atoms with E-state index in [9.17, 15) is 14.9 Å². The van der Waals surface area contributed by atoms with Crippen molar-refractivity contribution < 1.29 is 14.8 Å². The molecule has 0 radical (unpaired) electrons. The number of hydrogen-bond donors (Lipinski definition) is 2. The van der Waals surface area contributed by atoms with Gasteiger partial charge in [-0.05, 0) is 44.5 Å². The van der Waals surface area contributed by atoms with E-state index < -0.39 is 10.9 Å². The van der Waals surface area contributed by atoms with Crippen molar-refractivity contribution >= 4 is 65.8 Å². The number of nitrogens with zero attached hydrogens (tertiary/aromatic N) is 4. The van der Waals surface area contributed by atoms with Crippen LogP contribution in [0.1, 0.15) is 32.6 Å². The van der Waals surface area contributed by atoms with Crippen LogP contribution in [0.25, 0.3) is 20.6 Å². The Morgan fingerprint density at radius 2 is 1.66 bits per heavy atom. The van der Waals surface area contributed by atoms with E-state index in [0.717, 1.165) is 10.0 Å². The number of carbonyl (C=O) groups is 1. The molecule has 9 nitrogen and oxygen atoms in total. The number of nitro groups is 1. The van der Waals surface area contributed by atoms with Gasteiger partial charge in [-0.2, -0.15) is 5.26 Å². The fourth-order valence-electron chi connectivity index (χ4n) is 3.21. The number of aromatic nitrogens is 1. The van der Waals surface area contributed by atoms with E-state index in [-0.39, 0.29) is 16.9 Å². The average molecular weight is 637 g/mol. The number of nitrogens with one attached hydrogen (secondary N) is 1. The number of nitro benzene ring substituents is 1. The van der Waals surface area contributed by atoms with E-state index in [4.69, 9.17) is 23.5 Å². The molecule has 1 heterocycles. The summed E-state index contributed by atoms with van der Waals surface area (Å²) >= 11 is 6.45. The SMILES string of the molecule is Cc1cc2c(C(=O)O)c[nH]c2cc1C#N.[C-]#[N+]c1cc([N+](=O)[O-])c(C)cc1Br.[C-]#[N+]c1ccc(C)cc1Br. The Kier molecular flexibility index (Phi) is 10.3. The molecule has 0 aliphatic rings. The molecule has 0 saturated carbocycles. The molecule has 0 saturated heterocycles. The van der Waals surface area contributed by atoms with Crippen LogP contribution in [0.2, 0.25) is 0 Å². The van der Waals surface area contributed by atoms with Crippen molar-refractivity contribution in [1.29, 1.82) is 5.26 Å². The van der Waals surface area contributed by atoms with Gasteiger partial charge in [-0.15, -0.1) is 0 Å². The number of fused-ring (bicyclic) bond motifs is 1. The first-order valence-electron chi connectivity index (χ1n) is 10.6. The molecule has 4 aromatic rings. The molecule has 0 amide bonds. The largest absolute Gasteiger partial charge is 0.478 e. The molecule has 38 heavy (non-hydrogen) atoms. The van der Waals surface area contributed by atoms with E-state index in [1.54, 1.807) is 32.0 Å². The van der Waals surface area contributed by atoms with Gasteiger partial charge in [0.15, 0.2) is 0 Å². The minimum absolute atomic E-state index is 0.0193. The van der Waals surface area contributed by atoms with Crippen molar-refractivity contribution in [1.82, 2.24) is 4.98 Å². The molecule has 0 aliphatic carbocycles. The monoisotopic (exact) mass is 635 g/mol. The summed E-state index contributed by atoms with van der Waals surface area (Å²) < 4.78 is 1.47. The highest BCUT2D eigenvalue weighted by atomic mass is 79.9. The standard InChI is InChI=1S/C11H8N2O2.C8H5BrN2O2.C8H6BrN/c1-6-2-8-9(11(14)15)5-13-10(8)3-7(6)4-12;1-5-3-6(9)7(10-2)4-8(5)11(12)13;1-6-3-4-8(10-2)7(9)5-6/h2-3,5,13H,1H3,(H,14,15);3-4H,1H3;3-5H,1H3. The van der Waals surface area contributed by atoms with Crippen LogP contribution < -0.4 is 0 Å². The summed E-state index contributed by atoms with van der Waals surface area (Å²) in [6, 6.07) is 14.0. The van der Waals surface area contributed by atoms with E-state index in [2.05, 4.69) is 52.6 Å². The lowest BCUT2D eigenvalue weighted by molar-refractivity contribution is -0.385. The Morgan fingerprint density at radius 1 is 1.03 bits per heavy atom. The van der Waals surface area contributed by atoms with Crippen LogP contribution in [0.15, 0.2) is 57.6 Å². The third-order valence-electron chi connectivity index (χ3n) is 5.18. The third-order valence-corrected chi connectivity index (χ3v) is 6.45. The molecular formula is C27H19Br2N5O4. The highest BCUT2D eigenvalue weighted by Gasteiger charge is 2.14. The first kappa shape index (κ1) is 29.7. The highest BCUT2D eigenvalue weighted by Crippen LogP contribution is 2.32. The normalized spacial score (nSPS) is 9.53. The third kappa shape index (κ3) is 7.27. The minimum Gasteiger partial charge on any atom is -0.478 e. The second-order valence-corrected chi connectivity index (χ2v) is 9.57. The number of carboxylic acids is 1. The molecule has 0 unspecified atom stereocenters. The highest BCUT2D eigenvalue weighted by molar-refractivity contribution is 9.11. The van der Waals surface area contributed by atoms with Gasteiger partial charge < -0.3 is 10.1 Å². The van der Waals surface area contributed by atoms with Gasteiger partial charge in [0.2, 0.25) is 11.4 Å². The second-order valence-electron chi connectivity index (χ2n) is 7.86. The van der Waals surface area contributed by atoms with E-state index in [0.29, 0.717) is 32.2 Å². The summed E-state index contributed by atoms with van der Waals surface area (Å²) in [6.07, 6.45) is 1.44. The number of H-pyrrole nitrogens is 1. The zero-order valence-corrected chi connectivity index (χ0v) is 23.5. The van der Waals surface area contributed by atoms with Gasteiger partial charge in [-0.1, -0.05) is 55.6 Å². The molecule has 11 heteroatoms. The predicted octanol–water partition coefficient (Wildman–Crippen LogP) is 8.57. The lowest BCUT2D eigenvalue weighted by atomic mass is 10.1. The van der Waals surface area contributed by atoms with Crippen molar-refractivity contribution in [2.45, 2.75) is 20.8 Å². The van der Waals surface area contributed by atoms with Crippen molar-refractivity contribution in [3.8, 4) is 6.07 Å². The zero-order chi connectivity index (χ0) is 28.6. The number of aryl methyl sites for hydroxylation is 3. The first-order valence-corrected chi connectivity index (χ1v) is 12.2. The summed E-state index contributed by atoms with van der Waals surface area (Å²) in [4.78, 5) is 30.2. The average Bonchev–Trinajstić information content (AvgIpc) is 3.27. The number of carboxylic acid groups (broad SMARTS) is 1. The molecule has 0 aliphatic heterocycles. The topological polar surface area (TPSA) is 129 Å². The molecule has 0 fully saturated rings. The molecule has 0 atom stereocenters. The Labute approximate surface area is 235 Å². The van der Waals surface area contributed by atoms with Crippen LogP contribution in [0.3, 0.4) is 0 Å². The van der Waals surface area contributed by atoms with Crippen molar-refractivity contribution in [2.75, 3.05) is 0 Å². The number of nitriles is 1. The van der Waals surface area contributed by atoms with Crippen LogP contribution >= 0.6 is 31.9 Å². The van der Waals surface area contributed by atoms with Crippen LogP contribution in [0, 0.1) is 55.4 Å². The van der Waals surface area contributed by atoms with Gasteiger partial charge >= 0.3 is 5.97 Å². The Hall–Kier alpha value is -4.50. The summed E-state index contributed by atoms with van der Waals surface area (Å²) in [5.41, 5.74) is 4.88. The fraction of sp³-hybridized carbons (Fsp3) is 0.111. The van der Waals surface area contributed by atoms with E-state index in [1.807, 2.05) is 25.1 Å². The fourth-order valence-corrected chi connectivity index (χ4v) is 4.34. The number of benzene rings is 3. The van der Waals surface area contributed by atoms with Crippen LogP contribution in [-0.2, 0) is 0 Å². The number of halogens is 2. The number of aromatic amines is 1. The second kappa shape index (κ2) is 13.2. The minimum atomic E-state index is -0.967. The molecule has 4 rings (SSSR count). The van der Waals surface area contributed by atoms with Crippen molar-refractivity contribution in [3.05, 3.63) is 118 Å². The molecular weight excluding hydrogens is 618 g/mol. The number of rotatable bonds is 2. The maximum atomic E-state index is 10.9. The summed E-state index contributed by atoms with van der Waals surface area (Å²) in [5.74, 6) is -0.967. The van der Waals surface area contributed by atoms with Gasteiger partial charge in [0.25, 0.3) is 5.69 Å². The Balaban J connectivity index is 0.000000204. The Bertz CT molecular complexity index is 1670. The van der Waals surface area contributed by atoms with Gasteiger partial charge in [-0.25, -0.2) is 14.5 Å². The quantitative estimate of drug-likeness (QED) is 0.129. The predicted molar refractivity (Wildman–Crippen MR) is 152 cm³/mol. The molecule has 3 aromatic carbocycles. The van der Waals surface area contributed by atoms with Crippen LogP contribution in [0.5, 0.6) is 0 Å².